The smallest absolute Gasteiger partial charge is 0.315 e. The molecule has 0 saturated carbocycles. The zero-order chi connectivity index (χ0) is 13.7. The van der Waals surface area contributed by atoms with Gasteiger partial charge in [0.05, 0.1) is 12.3 Å². The normalized spacial score (nSPS) is 19.2. The van der Waals surface area contributed by atoms with E-state index in [1.807, 2.05) is 13.8 Å². The zero-order valence-electron chi connectivity index (χ0n) is 11.5. The Labute approximate surface area is 112 Å². The van der Waals surface area contributed by atoms with Crippen LogP contribution in [0.2, 0.25) is 0 Å². The molecule has 6 heteroatoms. The van der Waals surface area contributed by atoms with Crippen LogP contribution in [-0.2, 0) is 11.3 Å². The number of amides is 2. The molecule has 0 radical (unpaired) electrons. The van der Waals surface area contributed by atoms with Crippen LogP contribution in [0.1, 0.15) is 29.9 Å². The molecule has 1 fully saturated rings. The molecule has 1 aromatic heterocycles. The van der Waals surface area contributed by atoms with E-state index in [9.17, 15) is 4.79 Å². The van der Waals surface area contributed by atoms with Gasteiger partial charge in [0, 0.05) is 25.3 Å². The molecule has 0 unspecified atom stereocenters. The molecule has 2 amide bonds. The number of nitrogens with zero attached hydrogens (tertiary/aromatic N) is 1. The quantitative estimate of drug-likeness (QED) is 0.867. The molecule has 1 saturated heterocycles. The minimum absolute atomic E-state index is 0.162. The fraction of sp³-hybridized carbons (Fsp3) is 0.692. The number of aryl methyl sites for hydroxylation is 2. The van der Waals surface area contributed by atoms with Crippen molar-refractivity contribution in [2.24, 2.45) is 5.92 Å². The second-order valence-electron chi connectivity index (χ2n) is 4.95. The third-order valence-corrected chi connectivity index (χ3v) is 3.41. The van der Waals surface area contributed by atoms with Crippen LogP contribution in [-0.4, -0.2) is 30.9 Å². The van der Waals surface area contributed by atoms with Crippen molar-refractivity contribution in [1.29, 1.82) is 0 Å². The van der Waals surface area contributed by atoms with Gasteiger partial charge in [-0.3, -0.25) is 0 Å². The SMILES string of the molecule is Cc1noc(C)c1CNC(=O)NC[C@@H]1CCCOC1. The molecule has 2 heterocycles. The Kier molecular flexibility index (Phi) is 4.79. The van der Waals surface area contributed by atoms with Crippen LogP contribution in [0, 0.1) is 19.8 Å². The average Bonchev–Trinajstić information content (AvgIpc) is 2.75. The number of nitrogens with one attached hydrogen (secondary N) is 2. The number of aromatic nitrogens is 1. The van der Waals surface area contributed by atoms with E-state index in [0.717, 1.165) is 43.1 Å². The maximum atomic E-state index is 11.7. The van der Waals surface area contributed by atoms with Crippen LogP contribution in [0.25, 0.3) is 0 Å². The Morgan fingerprint density at radius 1 is 1.42 bits per heavy atom. The van der Waals surface area contributed by atoms with Crippen molar-refractivity contribution >= 4 is 6.03 Å². The third kappa shape index (κ3) is 3.96. The molecule has 1 aliphatic heterocycles. The van der Waals surface area contributed by atoms with Crippen molar-refractivity contribution in [1.82, 2.24) is 15.8 Å². The lowest BCUT2D eigenvalue weighted by Gasteiger charge is -2.22. The highest BCUT2D eigenvalue weighted by atomic mass is 16.5. The van der Waals surface area contributed by atoms with Gasteiger partial charge in [0.25, 0.3) is 0 Å². The summed E-state index contributed by atoms with van der Waals surface area (Å²) in [5.74, 6) is 1.18. The summed E-state index contributed by atoms with van der Waals surface area (Å²) in [5.41, 5.74) is 1.76. The van der Waals surface area contributed by atoms with Crippen LogP contribution in [0.3, 0.4) is 0 Å². The van der Waals surface area contributed by atoms with E-state index in [1.165, 1.54) is 0 Å². The summed E-state index contributed by atoms with van der Waals surface area (Å²) in [7, 11) is 0. The molecular weight excluding hydrogens is 246 g/mol. The molecule has 2 rings (SSSR count). The summed E-state index contributed by atoms with van der Waals surface area (Å²) in [6.45, 7) is 6.39. The molecule has 2 N–H and O–H groups in total. The lowest BCUT2D eigenvalue weighted by molar-refractivity contribution is 0.0557. The number of ether oxygens (including phenoxy) is 1. The first kappa shape index (κ1) is 13.9. The van der Waals surface area contributed by atoms with Crippen molar-refractivity contribution < 1.29 is 14.1 Å². The van der Waals surface area contributed by atoms with Crippen LogP contribution < -0.4 is 10.6 Å². The van der Waals surface area contributed by atoms with E-state index >= 15 is 0 Å². The fourth-order valence-corrected chi connectivity index (χ4v) is 2.19. The molecular formula is C13H21N3O3. The van der Waals surface area contributed by atoms with E-state index in [2.05, 4.69) is 15.8 Å². The Hall–Kier alpha value is -1.56. The van der Waals surface area contributed by atoms with E-state index in [-0.39, 0.29) is 6.03 Å². The summed E-state index contributed by atoms with van der Waals surface area (Å²) >= 11 is 0. The summed E-state index contributed by atoms with van der Waals surface area (Å²) < 4.78 is 10.4. The van der Waals surface area contributed by atoms with Crippen LogP contribution in [0.5, 0.6) is 0 Å². The second kappa shape index (κ2) is 6.56. The van der Waals surface area contributed by atoms with Gasteiger partial charge in [-0.2, -0.15) is 0 Å². The van der Waals surface area contributed by atoms with Gasteiger partial charge in [-0.15, -0.1) is 0 Å². The van der Waals surface area contributed by atoms with E-state index < -0.39 is 0 Å². The number of hydrogen-bond acceptors (Lipinski definition) is 4. The minimum Gasteiger partial charge on any atom is -0.381 e. The topological polar surface area (TPSA) is 76.4 Å². The average molecular weight is 267 g/mol. The molecule has 1 atom stereocenters. The van der Waals surface area contributed by atoms with Gasteiger partial charge < -0.3 is 19.9 Å². The predicted octanol–water partition coefficient (Wildman–Crippen LogP) is 1.52. The molecule has 0 bridgehead atoms. The minimum atomic E-state index is -0.162. The molecule has 0 aromatic carbocycles. The fourth-order valence-electron chi connectivity index (χ4n) is 2.19. The highest BCUT2D eigenvalue weighted by Gasteiger charge is 2.15. The Balaban J connectivity index is 1.69. The molecule has 1 aliphatic rings. The van der Waals surface area contributed by atoms with Crippen LogP contribution in [0.15, 0.2) is 4.52 Å². The van der Waals surface area contributed by atoms with Crippen molar-refractivity contribution in [3.8, 4) is 0 Å². The Morgan fingerprint density at radius 3 is 2.89 bits per heavy atom. The second-order valence-corrected chi connectivity index (χ2v) is 4.95. The van der Waals surface area contributed by atoms with E-state index in [1.54, 1.807) is 0 Å². The van der Waals surface area contributed by atoms with Gasteiger partial charge in [0.2, 0.25) is 0 Å². The van der Waals surface area contributed by atoms with Gasteiger partial charge in [0.1, 0.15) is 5.76 Å². The standard InChI is InChI=1S/C13H21N3O3/c1-9-12(10(2)19-16-9)7-15-13(17)14-6-11-4-3-5-18-8-11/h11H,3-8H2,1-2H3,(H2,14,15,17)/t11-/m0/s1. The number of urea groups is 1. The Morgan fingerprint density at radius 2 is 2.26 bits per heavy atom. The van der Waals surface area contributed by atoms with E-state index in [0.29, 0.717) is 19.0 Å². The van der Waals surface area contributed by atoms with Gasteiger partial charge in [-0.25, -0.2) is 4.79 Å². The van der Waals surface area contributed by atoms with Crippen molar-refractivity contribution in [2.75, 3.05) is 19.8 Å². The van der Waals surface area contributed by atoms with Crippen molar-refractivity contribution in [3.05, 3.63) is 17.0 Å². The highest BCUT2D eigenvalue weighted by Crippen LogP contribution is 2.12. The van der Waals surface area contributed by atoms with Gasteiger partial charge >= 0.3 is 6.03 Å². The highest BCUT2D eigenvalue weighted by molar-refractivity contribution is 5.73. The number of carbonyl (C=O) groups is 1. The maximum absolute atomic E-state index is 11.7. The monoisotopic (exact) mass is 267 g/mol. The predicted molar refractivity (Wildman–Crippen MR) is 69.8 cm³/mol. The van der Waals surface area contributed by atoms with Gasteiger partial charge in [-0.05, 0) is 32.6 Å². The molecule has 1 aromatic rings. The molecule has 6 nitrogen and oxygen atoms in total. The first-order chi connectivity index (χ1) is 9.16. The lowest BCUT2D eigenvalue weighted by atomic mass is 10.0. The van der Waals surface area contributed by atoms with Crippen LogP contribution >= 0.6 is 0 Å². The summed E-state index contributed by atoms with van der Waals surface area (Å²) in [6.07, 6.45) is 2.19. The first-order valence-electron chi connectivity index (χ1n) is 6.68. The maximum Gasteiger partial charge on any atom is 0.315 e. The summed E-state index contributed by atoms with van der Waals surface area (Å²) in [4.78, 5) is 11.7. The number of hydrogen-bond donors (Lipinski definition) is 2. The lowest BCUT2D eigenvalue weighted by Crippen LogP contribution is -2.39. The number of carbonyl (C=O) groups excluding carboxylic acids is 1. The first-order valence-corrected chi connectivity index (χ1v) is 6.68. The summed E-state index contributed by atoms with van der Waals surface area (Å²) in [6, 6.07) is -0.162. The molecule has 0 aliphatic carbocycles. The largest absolute Gasteiger partial charge is 0.381 e. The number of rotatable bonds is 4. The van der Waals surface area contributed by atoms with Crippen molar-refractivity contribution in [3.63, 3.8) is 0 Å². The molecule has 19 heavy (non-hydrogen) atoms. The van der Waals surface area contributed by atoms with Crippen molar-refractivity contribution in [2.45, 2.75) is 33.2 Å². The van der Waals surface area contributed by atoms with Gasteiger partial charge in [0.15, 0.2) is 0 Å². The molecule has 106 valence electrons. The van der Waals surface area contributed by atoms with Crippen LogP contribution in [0.4, 0.5) is 4.79 Å². The summed E-state index contributed by atoms with van der Waals surface area (Å²) in [5, 5.41) is 9.54. The van der Waals surface area contributed by atoms with Gasteiger partial charge in [-0.1, -0.05) is 5.16 Å². The Bertz CT molecular complexity index is 405. The van der Waals surface area contributed by atoms with E-state index in [4.69, 9.17) is 9.26 Å². The zero-order valence-corrected chi connectivity index (χ0v) is 11.5. The third-order valence-electron chi connectivity index (χ3n) is 3.41. The molecule has 0 spiro atoms.